The monoisotopic (exact) mass is 310 g/mol. The number of rotatable bonds is 4. The molecule has 2 aliphatic rings. The normalized spacial score (nSPS) is 27.8. The van der Waals surface area contributed by atoms with E-state index in [1.165, 1.54) is 64.8 Å². The van der Waals surface area contributed by atoms with Crippen molar-refractivity contribution in [3.05, 3.63) is 0 Å². The van der Waals surface area contributed by atoms with Gasteiger partial charge in [0.2, 0.25) is 0 Å². The van der Waals surface area contributed by atoms with E-state index in [0.717, 1.165) is 23.8 Å². The molecule has 2 rings (SSSR count). The largest absolute Gasteiger partial charge is 0.301 e. The Labute approximate surface area is 140 Å². The van der Waals surface area contributed by atoms with Crippen molar-refractivity contribution in [1.82, 2.24) is 9.80 Å². The van der Waals surface area contributed by atoms with Gasteiger partial charge in [-0.3, -0.25) is 4.90 Å². The van der Waals surface area contributed by atoms with Gasteiger partial charge >= 0.3 is 0 Å². The van der Waals surface area contributed by atoms with Gasteiger partial charge in [0.25, 0.3) is 0 Å². The van der Waals surface area contributed by atoms with E-state index in [2.05, 4.69) is 51.3 Å². The van der Waals surface area contributed by atoms with Gasteiger partial charge in [-0.25, -0.2) is 0 Å². The lowest BCUT2D eigenvalue weighted by atomic mass is 9.79. The SMILES string of the molecule is CC(C)CC1CCC(C)CC1.CCN1CCN(C(C)C)CC1. The summed E-state index contributed by atoms with van der Waals surface area (Å²) in [6.45, 7) is 20.1. The molecule has 1 saturated carbocycles. The zero-order chi connectivity index (χ0) is 16.5. The smallest absolute Gasteiger partial charge is 0.0113 e. The molecule has 0 aromatic carbocycles. The molecule has 1 heterocycles. The van der Waals surface area contributed by atoms with Crippen molar-refractivity contribution in [2.75, 3.05) is 32.7 Å². The highest BCUT2D eigenvalue weighted by Crippen LogP contribution is 2.31. The van der Waals surface area contributed by atoms with E-state index in [1.807, 2.05) is 0 Å². The first kappa shape index (κ1) is 20.0. The molecule has 0 spiro atoms. The summed E-state index contributed by atoms with van der Waals surface area (Å²) >= 11 is 0. The standard InChI is InChI=1S/C11H22.C9H20N2/c1-9(2)8-11-6-4-10(3)5-7-11;1-4-10-5-7-11(8-6-10)9(2)3/h9-11H,4-8H2,1-3H3;9H,4-8H2,1-3H3. The maximum atomic E-state index is 2.55. The molecule has 0 atom stereocenters. The third-order valence-electron chi connectivity index (χ3n) is 5.52. The molecule has 0 unspecified atom stereocenters. The molecule has 1 aliphatic carbocycles. The van der Waals surface area contributed by atoms with Crippen LogP contribution in [0.5, 0.6) is 0 Å². The fourth-order valence-electron chi connectivity index (χ4n) is 3.83. The highest BCUT2D eigenvalue weighted by Gasteiger charge is 2.18. The topological polar surface area (TPSA) is 6.48 Å². The molecule has 0 aromatic rings. The molecular formula is C20H42N2. The Kier molecular flexibility index (Phi) is 9.66. The van der Waals surface area contributed by atoms with Gasteiger partial charge in [0.05, 0.1) is 0 Å². The van der Waals surface area contributed by atoms with Crippen molar-refractivity contribution < 1.29 is 0 Å². The van der Waals surface area contributed by atoms with Crippen LogP contribution >= 0.6 is 0 Å². The molecule has 2 nitrogen and oxygen atoms in total. The molecule has 0 amide bonds. The van der Waals surface area contributed by atoms with Gasteiger partial charge < -0.3 is 4.90 Å². The van der Waals surface area contributed by atoms with Crippen LogP contribution in [0.3, 0.4) is 0 Å². The van der Waals surface area contributed by atoms with E-state index in [4.69, 9.17) is 0 Å². The van der Waals surface area contributed by atoms with Gasteiger partial charge in [-0.1, -0.05) is 53.4 Å². The minimum atomic E-state index is 0.731. The Morgan fingerprint density at radius 2 is 1.41 bits per heavy atom. The first-order chi connectivity index (χ1) is 10.4. The Morgan fingerprint density at radius 1 is 0.864 bits per heavy atom. The second-order valence-corrected chi connectivity index (χ2v) is 8.32. The molecule has 1 aliphatic heterocycles. The Hall–Kier alpha value is -0.0800. The highest BCUT2D eigenvalue weighted by atomic mass is 15.3. The second kappa shape index (κ2) is 10.6. The molecule has 22 heavy (non-hydrogen) atoms. The average molecular weight is 311 g/mol. The highest BCUT2D eigenvalue weighted by molar-refractivity contribution is 4.73. The minimum Gasteiger partial charge on any atom is -0.301 e. The Bertz CT molecular complexity index is 259. The Balaban J connectivity index is 0.000000220. The van der Waals surface area contributed by atoms with Gasteiger partial charge in [0.15, 0.2) is 0 Å². The summed E-state index contributed by atoms with van der Waals surface area (Å²) in [6, 6.07) is 0.731. The molecular weight excluding hydrogens is 268 g/mol. The summed E-state index contributed by atoms with van der Waals surface area (Å²) in [7, 11) is 0. The fraction of sp³-hybridized carbons (Fsp3) is 1.00. The van der Waals surface area contributed by atoms with Gasteiger partial charge in [-0.05, 0) is 44.6 Å². The summed E-state index contributed by atoms with van der Waals surface area (Å²) in [5.41, 5.74) is 0. The summed E-state index contributed by atoms with van der Waals surface area (Å²) in [5.74, 6) is 2.98. The molecule has 2 heteroatoms. The molecule has 1 saturated heterocycles. The van der Waals surface area contributed by atoms with E-state index < -0.39 is 0 Å². The van der Waals surface area contributed by atoms with Crippen LogP contribution in [0.4, 0.5) is 0 Å². The maximum Gasteiger partial charge on any atom is 0.0113 e. The van der Waals surface area contributed by atoms with Crippen molar-refractivity contribution in [1.29, 1.82) is 0 Å². The predicted molar refractivity (Wildman–Crippen MR) is 99.4 cm³/mol. The molecule has 0 N–H and O–H groups in total. The maximum absolute atomic E-state index is 2.55. The molecule has 0 radical (unpaired) electrons. The quantitative estimate of drug-likeness (QED) is 0.729. The molecule has 132 valence electrons. The van der Waals surface area contributed by atoms with Crippen LogP contribution in [-0.4, -0.2) is 48.6 Å². The van der Waals surface area contributed by atoms with Crippen molar-refractivity contribution in [2.45, 2.75) is 79.7 Å². The van der Waals surface area contributed by atoms with E-state index >= 15 is 0 Å². The first-order valence-corrected chi connectivity index (χ1v) is 9.88. The van der Waals surface area contributed by atoms with Crippen LogP contribution in [0.2, 0.25) is 0 Å². The number of likely N-dealkylation sites (N-methyl/N-ethyl adjacent to an activating group) is 1. The van der Waals surface area contributed by atoms with Gasteiger partial charge in [0.1, 0.15) is 0 Å². The lowest BCUT2D eigenvalue weighted by molar-refractivity contribution is 0.112. The second-order valence-electron chi connectivity index (χ2n) is 8.32. The van der Waals surface area contributed by atoms with Crippen molar-refractivity contribution in [2.24, 2.45) is 17.8 Å². The van der Waals surface area contributed by atoms with E-state index in [1.54, 1.807) is 0 Å². The van der Waals surface area contributed by atoms with Crippen molar-refractivity contribution in [3.63, 3.8) is 0 Å². The minimum absolute atomic E-state index is 0.731. The number of piperazine rings is 1. The fourth-order valence-corrected chi connectivity index (χ4v) is 3.83. The number of hydrogen-bond acceptors (Lipinski definition) is 2. The van der Waals surface area contributed by atoms with Gasteiger partial charge in [-0.15, -0.1) is 0 Å². The van der Waals surface area contributed by atoms with Crippen LogP contribution < -0.4 is 0 Å². The molecule has 0 bridgehead atoms. The van der Waals surface area contributed by atoms with Crippen LogP contribution in [0.1, 0.15) is 73.6 Å². The van der Waals surface area contributed by atoms with Crippen molar-refractivity contribution in [3.8, 4) is 0 Å². The Morgan fingerprint density at radius 3 is 1.82 bits per heavy atom. The summed E-state index contributed by atoms with van der Waals surface area (Å²) in [5, 5.41) is 0. The van der Waals surface area contributed by atoms with Crippen molar-refractivity contribution >= 4 is 0 Å². The molecule has 2 fully saturated rings. The van der Waals surface area contributed by atoms with Crippen LogP contribution in [0.15, 0.2) is 0 Å². The van der Waals surface area contributed by atoms with Gasteiger partial charge in [-0.2, -0.15) is 0 Å². The van der Waals surface area contributed by atoms with Gasteiger partial charge in [0, 0.05) is 32.2 Å². The third-order valence-corrected chi connectivity index (χ3v) is 5.52. The summed E-state index contributed by atoms with van der Waals surface area (Å²) in [4.78, 5) is 5.06. The van der Waals surface area contributed by atoms with E-state index in [0.29, 0.717) is 0 Å². The third kappa shape index (κ3) is 7.97. The first-order valence-electron chi connectivity index (χ1n) is 9.88. The van der Waals surface area contributed by atoms with Crippen LogP contribution in [-0.2, 0) is 0 Å². The summed E-state index contributed by atoms with van der Waals surface area (Å²) < 4.78 is 0. The zero-order valence-corrected chi connectivity index (χ0v) is 16.3. The predicted octanol–water partition coefficient (Wildman–Crippen LogP) is 4.89. The lowest BCUT2D eigenvalue weighted by Gasteiger charge is -2.36. The van der Waals surface area contributed by atoms with Crippen LogP contribution in [0, 0.1) is 17.8 Å². The average Bonchev–Trinajstić information content (AvgIpc) is 2.50. The number of hydrogen-bond donors (Lipinski definition) is 0. The van der Waals surface area contributed by atoms with Crippen LogP contribution in [0.25, 0.3) is 0 Å². The van der Waals surface area contributed by atoms with E-state index in [-0.39, 0.29) is 0 Å². The lowest BCUT2D eigenvalue weighted by Crippen LogP contribution is -2.48. The molecule has 0 aromatic heterocycles. The summed E-state index contributed by atoms with van der Waals surface area (Å²) in [6.07, 6.45) is 7.43. The number of nitrogens with zero attached hydrogens (tertiary/aromatic N) is 2. The van der Waals surface area contributed by atoms with E-state index in [9.17, 15) is 0 Å². The zero-order valence-electron chi connectivity index (χ0n) is 16.3.